The van der Waals surface area contributed by atoms with Crippen molar-refractivity contribution < 1.29 is 8.42 Å². The molecule has 1 saturated heterocycles. The maximum atomic E-state index is 11.0. The molecule has 0 bridgehead atoms. The normalized spacial score (nSPS) is 18.1. The number of hydrogen-bond donors (Lipinski definition) is 2. The Labute approximate surface area is 121 Å². The highest BCUT2D eigenvalue weighted by molar-refractivity contribution is 7.88. The van der Waals surface area contributed by atoms with Gasteiger partial charge in [0, 0.05) is 12.2 Å². The van der Waals surface area contributed by atoms with Gasteiger partial charge in [-0.25, -0.2) is 13.6 Å². The minimum Gasteiger partial charge on any atom is -0.385 e. The van der Waals surface area contributed by atoms with Crippen molar-refractivity contribution in [3.63, 3.8) is 0 Å². The van der Waals surface area contributed by atoms with Crippen molar-refractivity contribution in [2.75, 3.05) is 32.0 Å². The van der Waals surface area contributed by atoms with E-state index in [2.05, 4.69) is 17.3 Å². The summed E-state index contributed by atoms with van der Waals surface area (Å²) in [4.78, 5) is 2.36. The molecule has 2 rings (SSSR count). The highest BCUT2D eigenvalue weighted by Crippen LogP contribution is 2.17. The predicted molar refractivity (Wildman–Crippen MR) is 82.0 cm³/mol. The molecule has 0 radical (unpaired) electrons. The summed E-state index contributed by atoms with van der Waals surface area (Å²) >= 11 is 0. The maximum Gasteiger partial charge on any atom is 0.213 e. The van der Waals surface area contributed by atoms with E-state index < -0.39 is 10.0 Å². The number of sulfonamides is 1. The van der Waals surface area contributed by atoms with E-state index in [4.69, 9.17) is 5.14 Å². The van der Waals surface area contributed by atoms with Crippen molar-refractivity contribution in [3.8, 4) is 0 Å². The molecule has 1 aliphatic heterocycles. The third-order valence-corrected chi connectivity index (χ3v) is 4.49. The van der Waals surface area contributed by atoms with Crippen LogP contribution in [-0.2, 0) is 15.8 Å². The summed E-state index contributed by atoms with van der Waals surface area (Å²) in [6.07, 6.45) is 2.46. The van der Waals surface area contributed by atoms with Gasteiger partial charge < -0.3 is 10.2 Å². The Hall–Kier alpha value is -1.11. The fourth-order valence-corrected chi connectivity index (χ4v) is 3.14. The lowest BCUT2D eigenvalue weighted by atomic mass is 9.97. The summed E-state index contributed by atoms with van der Waals surface area (Å²) < 4.78 is 22.0. The van der Waals surface area contributed by atoms with Gasteiger partial charge in [0.05, 0.1) is 5.75 Å². The summed E-state index contributed by atoms with van der Waals surface area (Å²) in [5, 5.41) is 8.45. The summed E-state index contributed by atoms with van der Waals surface area (Å²) in [6.45, 7) is 3.31. The number of nitrogens with two attached hydrogens (primary N) is 1. The van der Waals surface area contributed by atoms with E-state index in [1.807, 2.05) is 12.1 Å². The Bertz CT molecular complexity index is 520. The number of nitrogens with zero attached hydrogens (tertiary/aromatic N) is 1. The molecule has 5 nitrogen and oxygen atoms in total. The van der Waals surface area contributed by atoms with Gasteiger partial charge in [0.1, 0.15) is 0 Å². The molecule has 20 heavy (non-hydrogen) atoms. The van der Waals surface area contributed by atoms with Crippen molar-refractivity contribution in [1.29, 1.82) is 0 Å². The average molecular weight is 297 g/mol. The van der Waals surface area contributed by atoms with Gasteiger partial charge in [-0.3, -0.25) is 0 Å². The van der Waals surface area contributed by atoms with Gasteiger partial charge in [-0.2, -0.15) is 0 Å². The number of hydrogen-bond acceptors (Lipinski definition) is 4. The minimum atomic E-state index is -3.45. The smallest absolute Gasteiger partial charge is 0.213 e. The fraction of sp³-hybridized carbons (Fsp3) is 0.571. The van der Waals surface area contributed by atoms with Crippen LogP contribution in [-0.4, -0.2) is 40.0 Å². The molecule has 1 aromatic rings. The van der Waals surface area contributed by atoms with Crippen LogP contribution in [0.3, 0.4) is 0 Å². The van der Waals surface area contributed by atoms with Crippen LogP contribution in [0, 0.1) is 5.92 Å². The summed E-state index contributed by atoms with van der Waals surface area (Å²) in [5.74, 6) is 0.609. The Balaban J connectivity index is 1.82. The topological polar surface area (TPSA) is 75.4 Å². The fourth-order valence-electron chi connectivity index (χ4n) is 2.48. The molecular weight excluding hydrogens is 274 g/mol. The molecule has 112 valence electrons. The zero-order valence-electron chi connectivity index (χ0n) is 11.9. The molecule has 3 N–H and O–H groups in total. The lowest BCUT2D eigenvalue weighted by molar-refractivity contribution is 0.226. The van der Waals surface area contributed by atoms with E-state index in [1.165, 1.54) is 25.9 Å². The van der Waals surface area contributed by atoms with Crippen LogP contribution < -0.4 is 10.5 Å². The summed E-state index contributed by atoms with van der Waals surface area (Å²) in [5.41, 5.74) is 1.75. The second kappa shape index (κ2) is 6.56. The first kappa shape index (κ1) is 15.3. The largest absolute Gasteiger partial charge is 0.385 e. The third kappa shape index (κ3) is 5.11. The number of nitrogens with one attached hydrogen (secondary N) is 1. The zero-order valence-corrected chi connectivity index (χ0v) is 12.7. The van der Waals surface area contributed by atoms with E-state index in [-0.39, 0.29) is 5.75 Å². The minimum absolute atomic E-state index is 0.109. The first-order valence-electron chi connectivity index (χ1n) is 6.94. The van der Waals surface area contributed by atoms with Gasteiger partial charge in [0.2, 0.25) is 10.0 Å². The lowest BCUT2D eigenvalue weighted by Crippen LogP contribution is -2.32. The van der Waals surface area contributed by atoms with Crippen LogP contribution in [0.25, 0.3) is 0 Å². The van der Waals surface area contributed by atoms with Crippen LogP contribution in [0.2, 0.25) is 0 Å². The molecule has 0 amide bonds. The van der Waals surface area contributed by atoms with Gasteiger partial charge in [0.15, 0.2) is 0 Å². The van der Waals surface area contributed by atoms with Crippen LogP contribution >= 0.6 is 0 Å². The van der Waals surface area contributed by atoms with Crippen molar-refractivity contribution in [2.24, 2.45) is 11.1 Å². The molecule has 1 fully saturated rings. The molecule has 1 heterocycles. The van der Waals surface area contributed by atoms with Gasteiger partial charge in [-0.1, -0.05) is 12.1 Å². The van der Waals surface area contributed by atoms with Crippen LogP contribution in [0.1, 0.15) is 18.4 Å². The quantitative estimate of drug-likeness (QED) is 0.857. The van der Waals surface area contributed by atoms with Crippen molar-refractivity contribution in [3.05, 3.63) is 29.8 Å². The Morgan fingerprint density at radius 2 is 1.85 bits per heavy atom. The van der Waals surface area contributed by atoms with Gasteiger partial charge in [0.25, 0.3) is 0 Å². The molecule has 6 heteroatoms. The van der Waals surface area contributed by atoms with E-state index >= 15 is 0 Å². The molecule has 0 aromatic heterocycles. The van der Waals surface area contributed by atoms with E-state index in [9.17, 15) is 8.42 Å². The van der Waals surface area contributed by atoms with Crippen LogP contribution in [0.5, 0.6) is 0 Å². The Morgan fingerprint density at radius 1 is 1.25 bits per heavy atom. The number of anilines is 1. The van der Waals surface area contributed by atoms with Crippen LogP contribution in [0.15, 0.2) is 24.3 Å². The van der Waals surface area contributed by atoms with Gasteiger partial charge in [-0.05, 0) is 56.6 Å². The average Bonchev–Trinajstić information content (AvgIpc) is 2.38. The molecule has 0 spiro atoms. The van der Waals surface area contributed by atoms with Crippen LogP contribution in [0.4, 0.5) is 5.69 Å². The molecular formula is C14H23N3O2S. The second-order valence-electron chi connectivity index (χ2n) is 5.63. The standard InChI is InChI=1S/C14H23N3O2S/c1-17-8-6-12(7-9-17)10-16-14-4-2-13(3-5-14)11-20(15,18)19/h2-5,12,16H,6-11H2,1H3,(H2,15,18,19). The SMILES string of the molecule is CN1CCC(CNc2ccc(CS(N)(=O)=O)cc2)CC1. The Morgan fingerprint density at radius 3 is 2.40 bits per heavy atom. The molecule has 0 atom stereocenters. The van der Waals surface area contributed by atoms with E-state index in [1.54, 1.807) is 12.1 Å². The summed E-state index contributed by atoms with van der Waals surface area (Å²) in [7, 11) is -1.29. The highest BCUT2D eigenvalue weighted by atomic mass is 32.2. The number of likely N-dealkylation sites (tertiary alicyclic amines) is 1. The molecule has 0 aliphatic carbocycles. The second-order valence-corrected chi connectivity index (χ2v) is 7.25. The van der Waals surface area contributed by atoms with Crippen molar-refractivity contribution in [1.82, 2.24) is 4.90 Å². The first-order chi connectivity index (χ1) is 9.42. The maximum absolute atomic E-state index is 11.0. The molecule has 0 unspecified atom stereocenters. The number of rotatable bonds is 5. The van der Waals surface area contributed by atoms with Crippen molar-refractivity contribution >= 4 is 15.7 Å². The van der Waals surface area contributed by atoms with E-state index in [0.29, 0.717) is 0 Å². The number of primary sulfonamides is 1. The van der Waals surface area contributed by atoms with Gasteiger partial charge >= 0.3 is 0 Å². The monoisotopic (exact) mass is 297 g/mol. The number of benzene rings is 1. The zero-order chi connectivity index (χ0) is 14.6. The Kier molecular flexibility index (Phi) is 5.01. The predicted octanol–water partition coefficient (Wildman–Crippen LogP) is 1.23. The summed E-state index contributed by atoms with van der Waals surface area (Å²) in [6, 6.07) is 7.44. The van der Waals surface area contributed by atoms with Gasteiger partial charge in [-0.15, -0.1) is 0 Å². The third-order valence-electron chi connectivity index (χ3n) is 3.75. The lowest BCUT2D eigenvalue weighted by Gasteiger charge is -2.29. The highest BCUT2D eigenvalue weighted by Gasteiger charge is 2.16. The first-order valence-corrected chi connectivity index (χ1v) is 8.66. The molecule has 1 aliphatic rings. The van der Waals surface area contributed by atoms with Crippen molar-refractivity contribution in [2.45, 2.75) is 18.6 Å². The molecule has 0 saturated carbocycles. The molecule has 1 aromatic carbocycles. The number of piperidine rings is 1. The van der Waals surface area contributed by atoms with E-state index in [0.717, 1.165) is 23.7 Å².